The zero-order valence-corrected chi connectivity index (χ0v) is 11.1. The number of benzene rings is 1. The smallest absolute Gasteiger partial charge is 0.309 e. The van der Waals surface area contributed by atoms with Crippen LogP contribution in [0, 0.1) is 0 Å². The molecular formula is C13H17ClNO3-. The van der Waals surface area contributed by atoms with Gasteiger partial charge in [-0.3, -0.25) is 4.79 Å². The van der Waals surface area contributed by atoms with Crippen LogP contribution < -0.4 is 22.9 Å². The number of hydrogen-bond donors (Lipinski definition) is 1. The van der Waals surface area contributed by atoms with E-state index in [0.717, 1.165) is 29.8 Å². The average molecular weight is 271 g/mol. The summed E-state index contributed by atoms with van der Waals surface area (Å²) >= 11 is 0. The van der Waals surface area contributed by atoms with Gasteiger partial charge in [-0.25, -0.2) is 0 Å². The first kappa shape index (κ1) is 14.6. The largest absolute Gasteiger partial charge is 1.00 e. The number of anilines is 1. The summed E-state index contributed by atoms with van der Waals surface area (Å²) in [4.78, 5) is 11.4. The van der Waals surface area contributed by atoms with E-state index in [-0.39, 0.29) is 24.5 Å². The summed E-state index contributed by atoms with van der Waals surface area (Å²) < 4.78 is 10.7. The number of carbonyl (C=O) groups is 1. The number of fused-ring (bicyclic) bond motifs is 1. The van der Waals surface area contributed by atoms with E-state index in [0.29, 0.717) is 13.0 Å². The van der Waals surface area contributed by atoms with Crippen LogP contribution in [-0.4, -0.2) is 18.7 Å². The molecule has 100 valence electrons. The molecule has 0 unspecified atom stereocenters. The van der Waals surface area contributed by atoms with Crippen LogP contribution in [0.25, 0.3) is 0 Å². The molecule has 0 amide bonds. The van der Waals surface area contributed by atoms with Gasteiger partial charge in [0.15, 0.2) is 0 Å². The Morgan fingerprint density at radius 1 is 1.56 bits per heavy atom. The lowest BCUT2D eigenvalue weighted by Gasteiger charge is -2.25. The molecule has 1 aliphatic rings. The van der Waals surface area contributed by atoms with Crippen molar-refractivity contribution >= 4 is 11.7 Å². The first-order chi connectivity index (χ1) is 8.19. The second kappa shape index (κ2) is 6.50. The van der Waals surface area contributed by atoms with Crippen LogP contribution in [-0.2, 0) is 16.0 Å². The van der Waals surface area contributed by atoms with Crippen molar-refractivity contribution in [1.82, 2.24) is 0 Å². The van der Waals surface area contributed by atoms with Gasteiger partial charge in [-0.1, -0.05) is 0 Å². The molecule has 5 heteroatoms. The fourth-order valence-electron chi connectivity index (χ4n) is 2.01. The van der Waals surface area contributed by atoms with Gasteiger partial charge in [0.25, 0.3) is 0 Å². The van der Waals surface area contributed by atoms with Gasteiger partial charge in [0.2, 0.25) is 0 Å². The minimum atomic E-state index is -0.198. The maximum Gasteiger partial charge on any atom is 0.309 e. The fourth-order valence-corrected chi connectivity index (χ4v) is 2.01. The molecule has 0 bridgehead atoms. The second-order valence-electron chi connectivity index (χ2n) is 4.15. The van der Waals surface area contributed by atoms with Gasteiger partial charge in [0.05, 0.1) is 13.0 Å². The third kappa shape index (κ3) is 3.53. The Bertz CT molecular complexity index is 423. The number of aryl methyl sites for hydroxylation is 1. The predicted molar refractivity (Wildman–Crippen MR) is 64.8 cm³/mol. The van der Waals surface area contributed by atoms with Crippen molar-refractivity contribution in [3.8, 4) is 5.75 Å². The Labute approximate surface area is 113 Å². The Morgan fingerprint density at radius 3 is 3.06 bits per heavy atom. The Morgan fingerprint density at radius 2 is 2.33 bits per heavy atom. The molecule has 1 heterocycles. The van der Waals surface area contributed by atoms with Gasteiger partial charge in [-0.2, -0.15) is 0 Å². The van der Waals surface area contributed by atoms with Crippen molar-refractivity contribution in [2.45, 2.75) is 32.3 Å². The standard InChI is InChI=1S/C13H17NO3.ClH/c1-2-16-13(15)8-11-5-3-9-7-10(14)4-6-12(9)17-11;/h4,6-7,11H,2-3,5,8,14H2,1H3;1H/p-1/t11-;/m0./s1. The van der Waals surface area contributed by atoms with Gasteiger partial charge in [0.1, 0.15) is 11.9 Å². The van der Waals surface area contributed by atoms with Crippen molar-refractivity contribution < 1.29 is 26.7 Å². The molecule has 4 nitrogen and oxygen atoms in total. The molecule has 1 aromatic rings. The molecule has 1 aromatic carbocycles. The Balaban J connectivity index is 0.00000162. The molecule has 0 radical (unpaired) electrons. The third-order valence-corrected chi connectivity index (χ3v) is 2.81. The van der Waals surface area contributed by atoms with Gasteiger partial charge in [0, 0.05) is 5.69 Å². The Kier molecular flexibility index (Phi) is 5.28. The lowest BCUT2D eigenvalue weighted by atomic mass is 10.00. The van der Waals surface area contributed by atoms with Crippen molar-refractivity contribution in [1.29, 1.82) is 0 Å². The van der Waals surface area contributed by atoms with Crippen molar-refractivity contribution in [2.24, 2.45) is 0 Å². The molecule has 18 heavy (non-hydrogen) atoms. The molecule has 1 atom stereocenters. The number of halogens is 1. The number of nitrogens with two attached hydrogens (primary N) is 1. The van der Waals surface area contributed by atoms with E-state index in [1.54, 1.807) is 6.92 Å². The summed E-state index contributed by atoms with van der Waals surface area (Å²) in [5, 5.41) is 0. The van der Waals surface area contributed by atoms with E-state index in [1.165, 1.54) is 0 Å². The van der Waals surface area contributed by atoms with E-state index in [9.17, 15) is 4.79 Å². The van der Waals surface area contributed by atoms with Crippen molar-refractivity contribution in [3.63, 3.8) is 0 Å². The number of hydrogen-bond acceptors (Lipinski definition) is 4. The molecule has 0 aliphatic carbocycles. The van der Waals surface area contributed by atoms with Crippen LogP contribution in [0.1, 0.15) is 25.3 Å². The van der Waals surface area contributed by atoms with Crippen LogP contribution in [0.3, 0.4) is 0 Å². The highest BCUT2D eigenvalue weighted by Crippen LogP contribution is 2.30. The third-order valence-electron chi connectivity index (χ3n) is 2.81. The average Bonchev–Trinajstić information content (AvgIpc) is 2.29. The zero-order valence-electron chi connectivity index (χ0n) is 10.3. The van der Waals surface area contributed by atoms with E-state index in [2.05, 4.69) is 0 Å². The highest BCUT2D eigenvalue weighted by atomic mass is 35.5. The summed E-state index contributed by atoms with van der Waals surface area (Å²) in [6.07, 6.45) is 1.96. The quantitative estimate of drug-likeness (QED) is 0.561. The summed E-state index contributed by atoms with van der Waals surface area (Å²) in [5.74, 6) is 0.635. The topological polar surface area (TPSA) is 61.5 Å². The molecule has 0 fully saturated rings. The zero-order chi connectivity index (χ0) is 12.3. The number of esters is 1. The van der Waals surface area contributed by atoms with E-state index in [1.807, 2.05) is 18.2 Å². The normalized spacial score (nSPS) is 17.1. The van der Waals surface area contributed by atoms with Crippen LogP contribution >= 0.6 is 0 Å². The lowest BCUT2D eigenvalue weighted by molar-refractivity contribution is -0.145. The summed E-state index contributed by atoms with van der Waals surface area (Å²) in [6, 6.07) is 5.60. The molecule has 0 saturated carbocycles. The van der Waals surface area contributed by atoms with Gasteiger partial charge >= 0.3 is 5.97 Å². The number of ether oxygens (including phenoxy) is 2. The number of nitrogen functional groups attached to an aromatic ring is 1. The van der Waals surface area contributed by atoms with Crippen molar-refractivity contribution in [3.05, 3.63) is 23.8 Å². The van der Waals surface area contributed by atoms with Crippen LogP contribution in [0.2, 0.25) is 0 Å². The first-order valence-electron chi connectivity index (χ1n) is 5.89. The summed E-state index contributed by atoms with van der Waals surface area (Å²) in [5.41, 5.74) is 7.57. The Hall–Kier alpha value is -1.42. The van der Waals surface area contributed by atoms with Crippen molar-refractivity contribution in [2.75, 3.05) is 12.3 Å². The number of carbonyl (C=O) groups excluding carboxylic acids is 1. The van der Waals surface area contributed by atoms with Gasteiger partial charge < -0.3 is 27.6 Å². The molecule has 2 rings (SSSR count). The minimum absolute atomic E-state index is 0. The lowest BCUT2D eigenvalue weighted by Crippen LogP contribution is -3.00. The minimum Gasteiger partial charge on any atom is -1.00 e. The first-order valence-corrected chi connectivity index (χ1v) is 5.89. The summed E-state index contributed by atoms with van der Waals surface area (Å²) in [6.45, 7) is 2.22. The predicted octanol–water partition coefficient (Wildman–Crippen LogP) is -1.08. The molecule has 0 aromatic heterocycles. The van der Waals surface area contributed by atoms with E-state index < -0.39 is 0 Å². The van der Waals surface area contributed by atoms with Crippen LogP contribution in [0.15, 0.2) is 18.2 Å². The fraction of sp³-hybridized carbons (Fsp3) is 0.462. The molecule has 2 N–H and O–H groups in total. The highest BCUT2D eigenvalue weighted by Gasteiger charge is 2.22. The molecular weight excluding hydrogens is 254 g/mol. The van der Waals surface area contributed by atoms with Crippen LogP contribution in [0.5, 0.6) is 5.75 Å². The van der Waals surface area contributed by atoms with Gasteiger partial charge in [-0.05, 0) is 43.5 Å². The molecule has 0 spiro atoms. The van der Waals surface area contributed by atoms with Crippen LogP contribution in [0.4, 0.5) is 5.69 Å². The SMILES string of the molecule is CCOC(=O)C[C@@H]1CCc2cc(N)ccc2O1.[Cl-]. The number of rotatable bonds is 3. The monoisotopic (exact) mass is 270 g/mol. The maximum atomic E-state index is 11.4. The van der Waals surface area contributed by atoms with E-state index >= 15 is 0 Å². The maximum absolute atomic E-state index is 11.4. The second-order valence-corrected chi connectivity index (χ2v) is 4.15. The molecule has 0 saturated heterocycles. The highest BCUT2D eigenvalue weighted by molar-refractivity contribution is 5.70. The van der Waals surface area contributed by atoms with E-state index in [4.69, 9.17) is 15.2 Å². The molecule has 1 aliphatic heterocycles. The van der Waals surface area contributed by atoms with Gasteiger partial charge in [-0.15, -0.1) is 0 Å². The summed E-state index contributed by atoms with van der Waals surface area (Å²) in [7, 11) is 0.